The van der Waals surface area contributed by atoms with Gasteiger partial charge >= 0.3 is 6.03 Å². The van der Waals surface area contributed by atoms with Gasteiger partial charge in [0.15, 0.2) is 0 Å². The van der Waals surface area contributed by atoms with Gasteiger partial charge in [0.05, 0.1) is 18.5 Å². The Balaban J connectivity index is 0.000000304. The van der Waals surface area contributed by atoms with Gasteiger partial charge in [0.25, 0.3) is 5.91 Å². The lowest BCUT2D eigenvalue weighted by Crippen LogP contribution is -2.22. The summed E-state index contributed by atoms with van der Waals surface area (Å²) in [6, 6.07) is 15.2. The van der Waals surface area contributed by atoms with E-state index in [1.807, 2.05) is 79.8 Å². The molecule has 2 aromatic carbocycles. The topological polar surface area (TPSA) is 91.5 Å². The minimum absolute atomic E-state index is 0.135. The standard InChI is InChI=1S/C19H25N3O.C17H21NO2/c1-3-4-7-14-20-17-8-5-6-9-18(17)22-19(23)21-16-12-10-15(2)11-13-16;1-5-16(20-4)12-10-14(3)17(19)18-15-8-6-7-13(2)9-11-15/h5-6,8-13,20H,3-4,7,14H2,1-2H3,(H2,21,22,23);5-6,8-12H,1,7H2,2-4H3,(H,18,19)/b;14-10+,16-12+. The molecule has 3 amide bonds. The number of hydrogen-bond donors (Lipinski definition) is 4. The number of carbonyl (C=O) groups is 2. The number of unbranched alkanes of at least 4 members (excludes halogenated alkanes) is 2. The van der Waals surface area contributed by atoms with E-state index in [9.17, 15) is 9.59 Å². The van der Waals surface area contributed by atoms with Crippen LogP contribution in [0.25, 0.3) is 0 Å². The van der Waals surface area contributed by atoms with Crippen molar-refractivity contribution in [2.24, 2.45) is 0 Å². The predicted molar refractivity (Wildman–Crippen MR) is 181 cm³/mol. The van der Waals surface area contributed by atoms with Crippen LogP contribution in [0.2, 0.25) is 0 Å². The highest BCUT2D eigenvalue weighted by atomic mass is 16.5. The van der Waals surface area contributed by atoms with E-state index in [1.165, 1.54) is 18.4 Å². The zero-order valence-electron chi connectivity index (χ0n) is 26.1. The fourth-order valence-corrected chi connectivity index (χ4v) is 3.81. The highest BCUT2D eigenvalue weighted by molar-refractivity contribution is 6.01. The summed E-state index contributed by atoms with van der Waals surface area (Å²) >= 11 is 0. The Morgan fingerprint density at radius 3 is 2.33 bits per heavy atom. The molecule has 0 fully saturated rings. The van der Waals surface area contributed by atoms with Crippen molar-refractivity contribution in [1.29, 1.82) is 0 Å². The van der Waals surface area contributed by atoms with Crippen LogP contribution < -0.4 is 21.3 Å². The number of ether oxygens (including phenoxy) is 1. The summed E-state index contributed by atoms with van der Waals surface area (Å²) in [6.07, 6.45) is 17.3. The normalized spacial score (nSPS) is 12.9. The van der Waals surface area contributed by atoms with Crippen LogP contribution in [0.3, 0.4) is 0 Å². The van der Waals surface area contributed by atoms with Crippen LogP contribution in [0.5, 0.6) is 0 Å². The Kier molecular flexibility index (Phi) is 15.5. The third-order valence-electron chi connectivity index (χ3n) is 6.42. The summed E-state index contributed by atoms with van der Waals surface area (Å²) in [5, 5.41) is 12.0. The summed E-state index contributed by atoms with van der Waals surface area (Å²) in [6.45, 7) is 12.5. The SMILES string of the molecule is C=C/C(=C\C=C(/C)C(=O)NC1=CC=C(C)CC=C1)OC.CCCCCNc1ccccc1NC(=O)Nc1ccc(C)cc1. The first-order chi connectivity index (χ1) is 20.7. The average molecular weight is 583 g/mol. The molecule has 0 spiro atoms. The molecule has 2 aromatic rings. The maximum Gasteiger partial charge on any atom is 0.323 e. The molecule has 0 atom stereocenters. The summed E-state index contributed by atoms with van der Waals surface area (Å²) in [7, 11) is 1.56. The smallest absolute Gasteiger partial charge is 0.323 e. The number of rotatable bonds is 12. The van der Waals surface area contributed by atoms with Crippen LogP contribution in [0, 0.1) is 6.92 Å². The third-order valence-corrected chi connectivity index (χ3v) is 6.42. The fraction of sp³-hybridized carbons (Fsp3) is 0.278. The number of carbonyl (C=O) groups excluding carboxylic acids is 2. The van der Waals surface area contributed by atoms with E-state index in [4.69, 9.17) is 4.74 Å². The van der Waals surface area contributed by atoms with E-state index >= 15 is 0 Å². The van der Waals surface area contributed by atoms with Crippen molar-refractivity contribution < 1.29 is 14.3 Å². The number of allylic oxidation sites excluding steroid dienone is 8. The van der Waals surface area contributed by atoms with E-state index in [2.05, 4.69) is 41.7 Å². The third kappa shape index (κ3) is 13.6. The number of benzene rings is 2. The van der Waals surface area contributed by atoms with Crippen LogP contribution in [-0.2, 0) is 9.53 Å². The highest BCUT2D eigenvalue weighted by Gasteiger charge is 2.07. The van der Waals surface area contributed by atoms with Crippen molar-refractivity contribution in [3.05, 3.63) is 126 Å². The number of hydrogen-bond acceptors (Lipinski definition) is 4. The van der Waals surface area contributed by atoms with Crippen molar-refractivity contribution in [2.45, 2.75) is 53.4 Å². The molecule has 7 nitrogen and oxygen atoms in total. The first-order valence-corrected chi connectivity index (χ1v) is 14.6. The zero-order valence-corrected chi connectivity index (χ0v) is 26.1. The molecule has 228 valence electrons. The van der Waals surface area contributed by atoms with E-state index in [-0.39, 0.29) is 11.9 Å². The molecule has 0 aliphatic heterocycles. The van der Waals surface area contributed by atoms with Crippen molar-refractivity contribution in [3.8, 4) is 0 Å². The number of amides is 3. The van der Waals surface area contributed by atoms with Gasteiger partial charge in [0.2, 0.25) is 0 Å². The van der Waals surface area contributed by atoms with Gasteiger partial charge in [-0.05, 0) is 82.2 Å². The lowest BCUT2D eigenvalue weighted by Gasteiger charge is -2.13. The van der Waals surface area contributed by atoms with Crippen molar-refractivity contribution in [2.75, 3.05) is 29.6 Å². The Morgan fingerprint density at radius 1 is 0.930 bits per heavy atom. The number of nitrogens with one attached hydrogen (secondary N) is 4. The second-order valence-corrected chi connectivity index (χ2v) is 10.1. The number of para-hydroxylation sites is 2. The first-order valence-electron chi connectivity index (χ1n) is 14.6. The number of anilines is 3. The molecule has 0 unspecified atom stereocenters. The Labute approximate surface area is 257 Å². The van der Waals surface area contributed by atoms with Crippen molar-refractivity contribution in [1.82, 2.24) is 5.32 Å². The Morgan fingerprint density at radius 2 is 1.65 bits per heavy atom. The summed E-state index contributed by atoms with van der Waals surface area (Å²) in [5.41, 5.74) is 6.33. The van der Waals surface area contributed by atoms with Gasteiger partial charge in [-0.25, -0.2) is 4.79 Å². The van der Waals surface area contributed by atoms with Gasteiger partial charge < -0.3 is 26.0 Å². The van der Waals surface area contributed by atoms with Crippen LogP contribution in [0.15, 0.2) is 120 Å². The Hall–Kier alpha value is -4.78. The Bertz CT molecular complexity index is 1370. The molecule has 0 radical (unpaired) electrons. The minimum atomic E-state index is -0.239. The second kappa shape index (κ2) is 19.4. The largest absolute Gasteiger partial charge is 0.497 e. The molecular formula is C36H46N4O3. The van der Waals surface area contributed by atoms with Gasteiger partial charge in [-0.2, -0.15) is 0 Å². The van der Waals surface area contributed by atoms with E-state index < -0.39 is 0 Å². The quantitative estimate of drug-likeness (QED) is 0.0871. The molecule has 0 aromatic heterocycles. The van der Waals surface area contributed by atoms with Crippen LogP contribution in [-0.4, -0.2) is 25.6 Å². The molecule has 4 N–H and O–H groups in total. The van der Waals surface area contributed by atoms with Crippen LogP contribution in [0.4, 0.5) is 21.9 Å². The molecular weight excluding hydrogens is 536 g/mol. The number of methoxy groups -OCH3 is 1. The molecule has 0 saturated carbocycles. The molecule has 3 rings (SSSR count). The zero-order chi connectivity index (χ0) is 31.5. The summed E-state index contributed by atoms with van der Waals surface area (Å²) < 4.78 is 5.04. The maximum atomic E-state index is 12.1. The predicted octanol–water partition coefficient (Wildman–Crippen LogP) is 8.80. The maximum absolute atomic E-state index is 12.1. The van der Waals surface area contributed by atoms with Gasteiger partial charge in [-0.15, -0.1) is 0 Å². The van der Waals surface area contributed by atoms with Crippen molar-refractivity contribution in [3.63, 3.8) is 0 Å². The van der Waals surface area contributed by atoms with Gasteiger partial charge in [0, 0.05) is 23.5 Å². The van der Waals surface area contributed by atoms with Crippen LogP contribution >= 0.6 is 0 Å². The monoisotopic (exact) mass is 582 g/mol. The van der Waals surface area contributed by atoms with Crippen molar-refractivity contribution >= 4 is 29.0 Å². The summed E-state index contributed by atoms with van der Waals surface area (Å²) in [4.78, 5) is 24.2. The molecule has 0 saturated heterocycles. The molecule has 0 bridgehead atoms. The first kappa shape index (κ1) is 34.4. The van der Waals surface area contributed by atoms with E-state index in [0.717, 1.165) is 47.7 Å². The molecule has 0 heterocycles. The molecule has 7 heteroatoms. The lowest BCUT2D eigenvalue weighted by molar-refractivity contribution is -0.116. The van der Waals surface area contributed by atoms with Gasteiger partial charge in [0.1, 0.15) is 5.76 Å². The van der Waals surface area contributed by atoms with E-state index in [0.29, 0.717) is 11.3 Å². The van der Waals surface area contributed by atoms with E-state index in [1.54, 1.807) is 32.3 Å². The lowest BCUT2D eigenvalue weighted by atomic mass is 10.2. The van der Waals surface area contributed by atoms with Gasteiger partial charge in [-0.3, -0.25) is 4.79 Å². The molecule has 1 aliphatic rings. The van der Waals surface area contributed by atoms with Gasteiger partial charge in [-0.1, -0.05) is 80.0 Å². The molecule has 1 aliphatic carbocycles. The summed E-state index contributed by atoms with van der Waals surface area (Å²) in [5.74, 6) is 0.480. The average Bonchev–Trinajstić information content (AvgIpc) is 3.21. The number of urea groups is 1. The van der Waals surface area contributed by atoms with Crippen LogP contribution in [0.1, 0.15) is 52.0 Å². The fourth-order valence-electron chi connectivity index (χ4n) is 3.81. The second-order valence-electron chi connectivity index (χ2n) is 10.1. The minimum Gasteiger partial charge on any atom is -0.497 e. The number of aryl methyl sites for hydroxylation is 1. The molecule has 43 heavy (non-hydrogen) atoms. The highest BCUT2D eigenvalue weighted by Crippen LogP contribution is 2.21.